The maximum absolute atomic E-state index is 12.9. The van der Waals surface area contributed by atoms with Crippen molar-refractivity contribution in [1.82, 2.24) is 20.4 Å². The number of hydrogen-bond acceptors (Lipinski definition) is 5. The van der Waals surface area contributed by atoms with E-state index in [0.29, 0.717) is 55.2 Å². The Bertz CT molecular complexity index is 1100. The van der Waals surface area contributed by atoms with Gasteiger partial charge >= 0.3 is 0 Å². The van der Waals surface area contributed by atoms with E-state index in [1.165, 1.54) is 0 Å². The summed E-state index contributed by atoms with van der Waals surface area (Å²) in [4.78, 5) is 27.1. The molecule has 5 rings (SSSR count). The summed E-state index contributed by atoms with van der Waals surface area (Å²) >= 11 is 0. The molecule has 7 heteroatoms. The third kappa shape index (κ3) is 5.66. The predicted molar refractivity (Wildman–Crippen MR) is 123 cm³/mol. The Morgan fingerprint density at radius 3 is 2.42 bits per heavy atom. The number of aromatic nitrogens is 2. The highest BCUT2D eigenvalue weighted by Gasteiger charge is 2.32. The molecular weight excluding hydrogens is 416 g/mol. The maximum Gasteiger partial charge on any atom is 0.251 e. The molecule has 0 radical (unpaired) electrons. The second-order valence-electron chi connectivity index (χ2n) is 8.92. The van der Waals surface area contributed by atoms with Gasteiger partial charge in [-0.15, -0.1) is 10.2 Å². The Morgan fingerprint density at radius 2 is 1.73 bits per heavy atom. The minimum Gasteiger partial charge on any atom is -0.421 e. The molecule has 0 atom stereocenters. The SMILES string of the molecule is O=C(NC1CC1)c1ccc(CN(C(=O)CCCc2nnc(-c3ccccc3)o2)C2CC2)cc1. The molecule has 33 heavy (non-hydrogen) atoms. The molecule has 2 aliphatic rings. The van der Waals surface area contributed by atoms with Crippen LogP contribution in [0, 0.1) is 0 Å². The molecule has 0 saturated heterocycles. The summed E-state index contributed by atoms with van der Waals surface area (Å²) in [6.45, 7) is 0.576. The molecule has 7 nitrogen and oxygen atoms in total. The number of carbonyl (C=O) groups excluding carboxylic acids is 2. The van der Waals surface area contributed by atoms with Crippen molar-refractivity contribution >= 4 is 11.8 Å². The van der Waals surface area contributed by atoms with Crippen LogP contribution in [-0.2, 0) is 17.8 Å². The first-order valence-electron chi connectivity index (χ1n) is 11.7. The molecule has 2 aliphatic carbocycles. The van der Waals surface area contributed by atoms with Gasteiger partial charge < -0.3 is 14.6 Å². The zero-order chi connectivity index (χ0) is 22.6. The van der Waals surface area contributed by atoms with Gasteiger partial charge in [0.25, 0.3) is 5.91 Å². The van der Waals surface area contributed by atoms with Crippen molar-refractivity contribution in [2.24, 2.45) is 0 Å². The van der Waals surface area contributed by atoms with E-state index in [9.17, 15) is 9.59 Å². The van der Waals surface area contributed by atoms with Crippen molar-refractivity contribution in [2.45, 2.75) is 63.6 Å². The Balaban J connectivity index is 1.13. The molecule has 0 aliphatic heterocycles. The minimum atomic E-state index is -0.0179. The lowest BCUT2D eigenvalue weighted by atomic mass is 10.1. The monoisotopic (exact) mass is 444 g/mol. The second-order valence-corrected chi connectivity index (χ2v) is 8.92. The summed E-state index contributed by atoms with van der Waals surface area (Å²) in [5.41, 5.74) is 2.61. The fraction of sp³-hybridized carbons (Fsp3) is 0.385. The van der Waals surface area contributed by atoms with Crippen LogP contribution in [0.4, 0.5) is 0 Å². The van der Waals surface area contributed by atoms with Crippen LogP contribution >= 0.6 is 0 Å². The molecule has 2 amide bonds. The highest BCUT2D eigenvalue weighted by molar-refractivity contribution is 5.94. The number of carbonyl (C=O) groups is 2. The van der Waals surface area contributed by atoms with Crippen molar-refractivity contribution < 1.29 is 14.0 Å². The minimum absolute atomic E-state index is 0.0179. The summed E-state index contributed by atoms with van der Waals surface area (Å²) < 4.78 is 5.75. The zero-order valence-corrected chi connectivity index (χ0v) is 18.6. The first-order chi connectivity index (χ1) is 16.2. The normalized spacial score (nSPS) is 15.3. The first kappa shape index (κ1) is 21.4. The number of aryl methyl sites for hydroxylation is 1. The molecule has 1 N–H and O–H groups in total. The van der Waals surface area contributed by atoms with E-state index in [1.54, 1.807) is 0 Å². The third-order valence-electron chi connectivity index (χ3n) is 6.06. The lowest BCUT2D eigenvalue weighted by molar-refractivity contribution is -0.132. The molecule has 3 aromatic rings. The molecular formula is C26H28N4O3. The number of nitrogens with zero attached hydrogens (tertiary/aromatic N) is 3. The standard InChI is InChI=1S/C26H28N4O3/c31-24(8-4-7-23-28-29-26(33-23)20-5-2-1-3-6-20)30(22-15-16-22)17-18-9-11-19(12-10-18)25(32)27-21-13-14-21/h1-3,5-6,9-12,21-22H,4,7-8,13-17H2,(H,27,32). The van der Waals surface area contributed by atoms with Crippen LogP contribution in [0.1, 0.15) is 60.3 Å². The van der Waals surface area contributed by atoms with E-state index in [2.05, 4.69) is 15.5 Å². The van der Waals surface area contributed by atoms with Crippen LogP contribution < -0.4 is 5.32 Å². The quantitative estimate of drug-likeness (QED) is 0.508. The summed E-state index contributed by atoms with van der Waals surface area (Å²) in [5, 5.41) is 11.2. The lowest BCUT2D eigenvalue weighted by Crippen LogP contribution is -2.32. The Morgan fingerprint density at radius 1 is 0.970 bits per heavy atom. The number of nitrogens with one attached hydrogen (secondary N) is 1. The van der Waals surface area contributed by atoms with Gasteiger partial charge in [-0.1, -0.05) is 30.3 Å². The van der Waals surface area contributed by atoms with Gasteiger partial charge in [-0.2, -0.15) is 0 Å². The number of amides is 2. The van der Waals surface area contributed by atoms with Crippen LogP contribution in [0.2, 0.25) is 0 Å². The smallest absolute Gasteiger partial charge is 0.251 e. The van der Waals surface area contributed by atoms with Gasteiger partial charge in [0.05, 0.1) is 0 Å². The molecule has 0 unspecified atom stereocenters. The van der Waals surface area contributed by atoms with Crippen LogP contribution in [0.3, 0.4) is 0 Å². The van der Waals surface area contributed by atoms with E-state index in [0.717, 1.165) is 36.8 Å². The van der Waals surface area contributed by atoms with Crippen molar-refractivity contribution in [3.63, 3.8) is 0 Å². The van der Waals surface area contributed by atoms with Gasteiger partial charge in [0, 0.05) is 42.6 Å². The van der Waals surface area contributed by atoms with Crippen LogP contribution in [0.25, 0.3) is 11.5 Å². The van der Waals surface area contributed by atoms with Gasteiger partial charge in [-0.3, -0.25) is 9.59 Å². The lowest BCUT2D eigenvalue weighted by Gasteiger charge is -2.22. The van der Waals surface area contributed by atoms with Gasteiger partial charge in [0.15, 0.2) is 0 Å². The van der Waals surface area contributed by atoms with Crippen molar-refractivity contribution in [2.75, 3.05) is 0 Å². The average molecular weight is 445 g/mol. The predicted octanol–water partition coefficient (Wildman–Crippen LogP) is 4.14. The van der Waals surface area contributed by atoms with E-state index in [4.69, 9.17) is 4.42 Å². The van der Waals surface area contributed by atoms with Crippen LogP contribution in [0.5, 0.6) is 0 Å². The van der Waals surface area contributed by atoms with E-state index >= 15 is 0 Å². The Labute approximate surface area is 193 Å². The molecule has 2 saturated carbocycles. The van der Waals surface area contributed by atoms with E-state index < -0.39 is 0 Å². The van der Waals surface area contributed by atoms with Gasteiger partial charge in [-0.25, -0.2) is 0 Å². The summed E-state index contributed by atoms with van der Waals surface area (Å²) in [7, 11) is 0. The van der Waals surface area contributed by atoms with Gasteiger partial charge in [0.1, 0.15) is 0 Å². The number of hydrogen-bond donors (Lipinski definition) is 1. The summed E-state index contributed by atoms with van der Waals surface area (Å²) in [6, 6.07) is 17.9. The molecule has 170 valence electrons. The van der Waals surface area contributed by atoms with Crippen LogP contribution in [-0.4, -0.2) is 39.0 Å². The molecule has 0 bridgehead atoms. The van der Waals surface area contributed by atoms with Crippen LogP contribution in [0.15, 0.2) is 59.0 Å². The van der Waals surface area contributed by atoms with E-state index in [1.807, 2.05) is 59.5 Å². The highest BCUT2D eigenvalue weighted by Crippen LogP contribution is 2.29. The Hall–Kier alpha value is -3.48. The molecule has 1 aromatic heterocycles. The van der Waals surface area contributed by atoms with Crippen molar-refractivity contribution in [3.8, 4) is 11.5 Å². The molecule has 2 aromatic carbocycles. The summed E-state index contributed by atoms with van der Waals surface area (Å²) in [6.07, 6.45) is 5.94. The fourth-order valence-electron chi connectivity index (χ4n) is 3.85. The van der Waals surface area contributed by atoms with Gasteiger partial charge in [0.2, 0.25) is 17.7 Å². The first-order valence-corrected chi connectivity index (χ1v) is 11.7. The molecule has 0 spiro atoms. The zero-order valence-electron chi connectivity index (χ0n) is 18.6. The molecule has 1 heterocycles. The topological polar surface area (TPSA) is 88.3 Å². The average Bonchev–Trinajstić information content (AvgIpc) is 3.78. The summed E-state index contributed by atoms with van der Waals surface area (Å²) in [5.74, 6) is 1.19. The fourth-order valence-corrected chi connectivity index (χ4v) is 3.85. The van der Waals surface area contributed by atoms with Gasteiger partial charge in [-0.05, 0) is 61.9 Å². The van der Waals surface area contributed by atoms with Crippen molar-refractivity contribution in [1.29, 1.82) is 0 Å². The number of benzene rings is 2. The largest absolute Gasteiger partial charge is 0.421 e. The molecule has 2 fully saturated rings. The maximum atomic E-state index is 12.9. The second kappa shape index (κ2) is 9.57. The van der Waals surface area contributed by atoms with Crippen molar-refractivity contribution in [3.05, 3.63) is 71.6 Å². The highest BCUT2D eigenvalue weighted by atomic mass is 16.4. The number of rotatable bonds is 10. The van der Waals surface area contributed by atoms with E-state index in [-0.39, 0.29) is 11.8 Å². The Kier molecular flexibility index (Phi) is 6.19. The third-order valence-corrected chi connectivity index (χ3v) is 6.06.